The Balaban J connectivity index is 1.67. The van der Waals surface area contributed by atoms with Crippen molar-refractivity contribution in [2.45, 2.75) is 13.5 Å². The van der Waals surface area contributed by atoms with Crippen molar-refractivity contribution in [1.29, 1.82) is 0 Å². The van der Waals surface area contributed by atoms with Gasteiger partial charge in [-0.1, -0.05) is 0 Å². The van der Waals surface area contributed by atoms with Crippen LogP contribution in [0.3, 0.4) is 0 Å². The Labute approximate surface area is 121 Å². The van der Waals surface area contributed by atoms with Gasteiger partial charge in [-0.2, -0.15) is 10.2 Å². The zero-order valence-corrected chi connectivity index (χ0v) is 11.8. The van der Waals surface area contributed by atoms with Crippen LogP contribution in [0, 0.1) is 6.92 Å². The molecule has 7 nitrogen and oxygen atoms in total. The Morgan fingerprint density at radius 1 is 1.52 bits per heavy atom. The van der Waals surface area contributed by atoms with Gasteiger partial charge >= 0.3 is 0 Å². The smallest absolute Gasteiger partial charge is 0.272 e. The van der Waals surface area contributed by atoms with Gasteiger partial charge in [0.05, 0.1) is 12.0 Å². The van der Waals surface area contributed by atoms with Crippen LogP contribution in [-0.2, 0) is 13.6 Å². The monoisotopic (exact) mass is 285 g/mol. The van der Waals surface area contributed by atoms with Gasteiger partial charge in [0.1, 0.15) is 5.69 Å². The summed E-state index contributed by atoms with van der Waals surface area (Å²) in [6.07, 6.45) is 3.45. The number of aromatic nitrogens is 4. The maximum absolute atomic E-state index is 12.1. The summed E-state index contributed by atoms with van der Waals surface area (Å²) >= 11 is 0. The summed E-state index contributed by atoms with van der Waals surface area (Å²) in [5, 5.41) is 13.8. The average molecular weight is 285 g/mol. The van der Waals surface area contributed by atoms with Crippen molar-refractivity contribution >= 4 is 5.91 Å². The predicted octanol–water partition coefficient (Wildman–Crippen LogP) is 1.64. The molecule has 0 fully saturated rings. The first-order valence-electron chi connectivity index (χ1n) is 6.50. The Morgan fingerprint density at radius 3 is 3.05 bits per heavy atom. The normalized spacial score (nSPS) is 10.8. The highest BCUT2D eigenvalue weighted by molar-refractivity contribution is 5.93. The maximum atomic E-state index is 12.1. The predicted molar refractivity (Wildman–Crippen MR) is 75.4 cm³/mol. The molecular formula is C14H15N5O2. The van der Waals surface area contributed by atoms with Crippen LogP contribution in [0.15, 0.2) is 35.1 Å². The van der Waals surface area contributed by atoms with E-state index >= 15 is 0 Å². The van der Waals surface area contributed by atoms with Crippen LogP contribution in [0.5, 0.6) is 0 Å². The second kappa shape index (κ2) is 5.28. The van der Waals surface area contributed by atoms with Crippen LogP contribution in [-0.4, -0.2) is 25.9 Å². The number of furan rings is 1. The zero-order valence-electron chi connectivity index (χ0n) is 11.8. The highest BCUT2D eigenvalue weighted by atomic mass is 16.3. The van der Waals surface area contributed by atoms with E-state index in [1.54, 1.807) is 29.1 Å². The minimum atomic E-state index is -0.243. The summed E-state index contributed by atoms with van der Waals surface area (Å²) in [7, 11) is 1.85. The lowest BCUT2D eigenvalue weighted by Gasteiger charge is -2.01. The van der Waals surface area contributed by atoms with Crippen molar-refractivity contribution < 1.29 is 9.21 Å². The fourth-order valence-corrected chi connectivity index (χ4v) is 2.08. The molecule has 3 heterocycles. The number of nitrogens with zero attached hydrogens (tertiary/aromatic N) is 3. The number of hydrogen-bond acceptors (Lipinski definition) is 4. The summed E-state index contributed by atoms with van der Waals surface area (Å²) in [6, 6.07) is 5.24. The van der Waals surface area contributed by atoms with Gasteiger partial charge < -0.3 is 9.73 Å². The Bertz CT molecular complexity index is 754. The average Bonchev–Trinajstić information content (AvgIpc) is 3.16. The summed E-state index contributed by atoms with van der Waals surface area (Å²) in [6.45, 7) is 2.33. The van der Waals surface area contributed by atoms with Gasteiger partial charge in [0, 0.05) is 31.4 Å². The summed E-state index contributed by atoms with van der Waals surface area (Å²) in [5.41, 5.74) is 2.87. The molecule has 0 aromatic carbocycles. The first-order chi connectivity index (χ1) is 10.1. The van der Waals surface area contributed by atoms with Crippen molar-refractivity contribution in [2.75, 3.05) is 0 Å². The lowest BCUT2D eigenvalue weighted by molar-refractivity contribution is 0.0946. The molecule has 3 aromatic heterocycles. The highest BCUT2D eigenvalue weighted by Crippen LogP contribution is 2.17. The van der Waals surface area contributed by atoms with Gasteiger partial charge in [-0.15, -0.1) is 0 Å². The van der Waals surface area contributed by atoms with Crippen LogP contribution < -0.4 is 5.32 Å². The third-order valence-corrected chi connectivity index (χ3v) is 3.15. The van der Waals surface area contributed by atoms with Gasteiger partial charge in [0.2, 0.25) is 0 Å². The van der Waals surface area contributed by atoms with E-state index in [1.165, 1.54) is 0 Å². The summed E-state index contributed by atoms with van der Waals surface area (Å²) in [4.78, 5) is 12.1. The molecule has 3 aromatic rings. The molecule has 7 heteroatoms. The second-order valence-corrected chi connectivity index (χ2v) is 4.74. The van der Waals surface area contributed by atoms with E-state index in [-0.39, 0.29) is 5.91 Å². The first-order valence-corrected chi connectivity index (χ1v) is 6.50. The molecule has 0 aliphatic rings. The van der Waals surface area contributed by atoms with E-state index in [0.717, 1.165) is 11.3 Å². The minimum absolute atomic E-state index is 0.243. The van der Waals surface area contributed by atoms with Gasteiger partial charge in [0.25, 0.3) is 5.91 Å². The topological polar surface area (TPSA) is 88.7 Å². The molecule has 0 spiro atoms. The number of nitrogens with one attached hydrogen (secondary N) is 2. The van der Waals surface area contributed by atoms with E-state index in [9.17, 15) is 4.79 Å². The molecule has 21 heavy (non-hydrogen) atoms. The molecule has 0 aliphatic carbocycles. The molecule has 108 valence electrons. The quantitative estimate of drug-likeness (QED) is 0.762. The third kappa shape index (κ3) is 2.71. The zero-order chi connectivity index (χ0) is 14.8. The number of amides is 1. The molecule has 0 bridgehead atoms. The Morgan fingerprint density at radius 2 is 2.38 bits per heavy atom. The molecule has 2 N–H and O–H groups in total. The molecule has 0 unspecified atom stereocenters. The van der Waals surface area contributed by atoms with E-state index in [2.05, 4.69) is 20.6 Å². The first kappa shape index (κ1) is 13.2. The van der Waals surface area contributed by atoms with Gasteiger partial charge in [-0.25, -0.2) is 0 Å². The lowest BCUT2D eigenvalue weighted by atomic mass is 10.2. The second-order valence-electron chi connectivity index (χ2n) is 4.74. The molecule has 0 saturated carbocycles. The number of H-pyrrole nitrogens is 1. The molecule has 0 radical (unpaired) electrons. The van der Waals surface area contributed by atoms with Crippen LogP contribution in [0.4, 0.5) is 0 Å². The number of hydrogen-bond donors (Lipinski definition) is 2. The number of carbonyl (C=O) groups excluding carboxylic acids is 1. The molecule has 0 atom stereocenters. The van der Waals surface area contributed by atoms with E-state index < -0.39 is 0 Å². The Hall–Kier alpha value is -2.83. The van der Waals surface area contributed by atoms with Crippen molar-refractivity contribution in [1.82, 2.24) is 25.3 Å². The summed E-state index contributed by atoms with van der Waals surface area (Å²) < 4.78 is 6.97. The van der Waals surface area contributed by atoms with Gasteiger partial charge in [-0.05, 0) is 19.1 Å². The van der Waals surface area contributed by atoms with Crippen molar-refractivity contribution in [3.8, 4) is 11.5 Å². The Kier molecular flexibility index (Phi) is 3.31. The maximum Gasteiger partial charge on any atom is 0.272 e. The fraction of sp³-hybridized carbons (Fsp3) is 0.214. The lowest BCUT2D eigenvalue weighted by Crippen LogP contribution is -2.23. The summed E-state index contributed by atoms with van der Waals surface area (Å²) in [5.74, 6) is 0.400. The van der Waals surface area contributed by atoms with E-state index in [0.29, 0.717) is 23.7 Å². The number of rotatable bonds is 4. The number of aryl methyl sites for hydroxylation is 2. The molecule has 1 amide bonds. The van der Waals surface area contributed by atoms with Crippen molar-refractivity contribution in [2.24, 2.45) is 7.05 Å². The van der Waals surface area contributed by atoms with E-state index in [4.69, 9.17) is 4.42 Å². The van der Waals surface area contributed by atoms with Crippen LogP contribution in [0.1, 0.15) is 21.7 Å². The van der Waals surface area contributed by atoms with Crippen LogP contribution in [0.2, 0.25) is 0 Å². The molecule has 3 rings (SSSR count). The largest absolute Gasteiger partial charge is 0.463 e. The van der Waals surface area contributed by atoms with Crippen molar-refractivity contribution in [3.05, 3.63) is 47.6 Å². The number of aromatic amines is 1. The van der Waals surface area contributed by atoms with Crippen molar-refractivity contribution in [3.63, 3.8) is 0 Å². The van der Waals surface area contributed by atoms with E-state index in [1.807, 2.05) is 20.2 Å². The van der Waals surface area contributed by atoms with Gasteiger partial charge in [0.15, 0.2) is 11.5 Å². The highest BCUT2D eigenvalue weighted by Gasteiger charge is 2.13. The van der Waals surface area contributed by atoms with Crippen LogP contribution >= 0.6 is 0 Å². The minimum Gasteiger partial charge on any atom is -0.463 e. The van der Waals surface area contributed by atoms with Gasteiger partial charge in [-0.3, -0.25) is 14.6 Å². The fourth-order valence-electron chi connectivity index (χ4n) is 2.08. The number of carbonyl (C=O) groups is 1. The molecule has 0 aliphatic heterocycles. The molecular weight excluding hydrogens is 270 g/mol. The molecule has 0 saturated heterocycles. The standard InChI is InChI=1S/C14H15N5O2/c1-9-10(8-19(2)18-9)7-15-14(20)12-6-11(16-17-12)13-4-3-5-21-13/h3-6,8H,7H2,1-2H3,(H,15,20)(H,16,17). The third-order valence-electron chi connectivity index (χ3n) is 3.15. The van der Waals surface area contributed by atoms with Crippen LogP contribution in [0.25, 0.3) is 11.5 Å². The SMILES string of the molecule is Cc1nn(C)cc1CNC(=O)c1cc(-c2ccco2)[nH]n1.